The van der Waals surface area contributed by atoms with Gasteiger partial charge in [0, 0.05) is 25.8 Å². The van der Waals surface area contributed by atoms with E-state index < -0.39 is 0 Å². The van der Waals surface area contributed by atoms with Crippen LogP contribution in [-0.4, -0.2) is 38.9 Å². The van der Waals surface area contributed by atoms with Crippen molar-refractivity contribution in [2.45, 2.75) is 45.6 Å². The van der Waals surface area contributed by atoms with Crippen molar-refractivity contribution in [1.29, 1.82) is 0 Å². The first-order valence-electron chi connectivity index (χ1n) is 7.20. The van der Waals surface area contributed by atoms with Crippen LogP contribution in [0.2, 0.25) is 0 Å². The monoisotopic (exact) mass is 240 g/mol. The van der Waals surface area contributed by atoms with Crippen LogP contribution in [0.15, 0.2) is 0 Å². The molecular weight excluding hydrogens is 212 g/mol. The summed E-state index contributed by atoms with van der Waals surface area (Å²) >= 11 is 0. The van der Waals surface area contributed by atoms with Crippen molar-refractivity contribution in [3.8, 4) is 0 Å². The Hall–Kier alpha value is -0.120. The van der Waals surface area contributed by atoms with Crippen LogP contribution in [0, 0.1) is 11.3 Å². The van der Waals surface area contributed by atoms with Crippen LogP contribution < -0.4 is 10.6 Å². The van der Waals surface area contributed by atoms with E-state index in [2.05, 4.69) is 24.5 Å². The Morgan fingerprint density at radius 3 is 2.82 bits per heavy atom. The van der Waals surface area contributed by atoms with Gasteiger partial charge in [0.1, 0.15) is 0 Å². The van der Waals surface area contributed by atoms with E-state index in [0.29, 0.717) is 11.5 Å². The third-order valence-corrected chi connectivity index (χ3v) is 4.42. The largest absolute Gasteiger partial charge is 0.381 e. The molecule has 0 amide bonds. The molecule has 0 aromatic carbocycles. The molecule has 0 saturated carbocycles. The second kappa shape index (κ2) is 6.17. The first kappa shape index (κ1) is 13.3. The number of piperidine rings is 1. The minimum Gasteiger partial charge on any atom is -0.381 e. The summed E-state index contributed by atoms with van der Waals surface area (Å²) in [6.07, 6.45) is 5.08. The highest BCUT2D eigenvalue weighted by molar-refractivity contribution is 4.81. The molecule has 2 heterocycles. The van der Waals surface area contributed by atoms with E-state index >= 15 is 0 Å². The van der Waals surface area contributed by atoms with Crippen molar-refractivity contribution in [1.82, 2.24) is 10.6 Å². The zero-order valence-electron chi connectivity index (χ0n) is 11.4. The van der Waals surface area contributed by atoms with Gasteiger partial charge in [-0.05, 0) is 57.0 Å². The molecule has 2 N–H and O–H groups in total. The molecule has 2 rings (SSSR count). The van der Waals surface area contributed by atoms with Crippen molar-refractivity contribution in [3.05, 3.63) is 0 Å². The highest BCUT2D eigenvalue weighted by Crippen LogP contribution is 2.28. The minimum atomic E-state index is 0.469. The summed E-state index contributed by atoms with van der Waals surface area (Å²) in [5, 5.41) is 7.22. The fourth-order valence-corrected chi connectivity index (χ4v) is 3.04. The predicted octanol–water partition coefficient (Wildman–Crippen LogP) is 1.78. The minimum absolute atomic E-state index is 0.469. The molecule has 2 atom stereocenters. The second-order valence-corrected chi connectivity index (χ2v) is 6.30. The van der Waals surface area contributed by atoms with Crippen molar-refractivity contribution >= 4 is 0 Å². The first-order chi connectivity index (χ1) is 8.18. The SMILES string of the molecule is CC1CC(CNCC2(C)CCOCC2)CCN1. The molecule has 0 bridgehead atoms. The average molecular weight is 240 g/mol. The Labute approximate surface area is 106 Å². The normalized spacial score (nSPS) is 33.5. The molecule has 2 fully saturated rings. The molecule has 3 nitrogen and oxygen atoms in total. The molecule has 0 aromatic heterocycles. The molecule has 2 aliphatic heterocycles. The lowest BCUT2D eigenvalue weighted by Gasteiger charge is -2.35. The van der Waals surface area contributed by atoms with E-state index in [1.54, 1.807) is 0 Å². The summed E-state index contributed by atoms with van der Waals surface area (Å²) in [6.45, 7) is 10.1. The molecule has 0 spiro atoms. The Morgan fingerprint density at radius 1 is 1.35 bits per heavy atom. The van der Waals surface area contributed by atoms with E-state index in [4.69, 9.17) is 4.74 Å². The molecule has 17 heavy (non-hydrogen) atoms. The Balaban J connectivity index is 1.64. The maximum absolute atomic E-state index is 5.44. The number of hydrogen-bond donors (Lipinski definition) is 2. The van der Waals surface area contributed by atoms with Crippen LogP contribution in [0.1, 0.15) is 39.5 Å². The summed E-state index contributed by atoms with van der Waals surface area (Å²) in [6, 6.07) is 0.703. The second-order valence-electron chi connectivity index (χ2n) is 6.30. The number of ether oxygens (including phenoxy) is 1. The van der Waals surface area contributed by atoms with Gasteiger partial charge in [-0.2, -0.15) is 0 Å². The Kier molecular flexibility index (Phi) is 4.83. The predicted molar refractivity (Wildman–Crippen MR) is 71.2 cm³/mol. The number of hydrogen-bond acceptors (Lipinski definition) is 3. The molecule has 2 unspecified atom stereocenters. The molecule has 0 aliphatic carbocycles. The van der Waals surface area contributed by atoms with Gasteiger partial charge in [0.2, 0.25) is 0 Å². The van der Waals surface area contributed by atoms with Gasteiger partial charge in [-0.1, -0.05) is 6.92 Å². The zero-order chi connectivity index (χ0) is 12.1. The van der Waals surface area contributed by atoms with Crippen molar-refractivity contribution in [2.24, 2.45) is 11.3 Å². The standard InChI is InChI=1S/C14H28N2O/c1-12-9-13(3-6-16-12)10-15-11-14(2)4-7-17-8-5-14/h12-13,15-16H,3-11H2,1-2H3. The smallest absolute Gasteiger partial charge is 0.0471 e. The summed E-state index contributed by atoms with van der Waals surface area (Å²) < 4.78 is 5.44. The van der Waals surface area contributed by atoms with Crippen LogP contribution in [-0.2, 0) is 4.74 Å². The van der Waals surface area contributed by atoms with Gasteiger partial charge >= 0.3 is 0 Å². The fourth-order valence-electron chi connectivity index (χ4n) is 3.04. The van der Waals surface area contributed by atoms with Crippen molar-refractivity contribution in [2.75, 3.05) is 32.8 Å². The lowest BCUT2D eigenvalue weighted by atomic mass is 9.82. The summed E-state index contributed by atoms with van der Waals surface area (Å²) in [5.41, 5.74) is 0.469. The molecular formula is C14H28N2O. The number of nitrogens with one attached hydrogen (secondary N) is 2. The molecule has 2 saturated heterocycles. The van der Waals surface area contributed by atoms with Gasteiger partial charge in [-0.3, -0.25) is 0 Å². The van der Waals surface area contributed by atoms with Gasteiger partial charge in [-0.15, -0.1) is 0 Å². The van der Waals surface area contributed by atoms with Crippen LogP contribution in [0.3, 0.4) is 0 Å². The fraction of sp³-hybridized carbons (Fsp3) is 1.00. The van der Waals surface area contributed by atoms with Crippen LogP contribution in [0.25, 0.3) is 0 Å². The van der Waals surface area contributed by atoms with Crippen LogP contribution in [0.4, 0.5) is 0 Å². The van der Waals surface area contributed by atoms with Crippen LogP contribution >= 0.6 is 0 Å². The quantitative estimate of drug-likeness (QED) is 0.786. The zero-order valence-corrected chi connectivity index (χ0v) is 11.4. The molecule has 2 aliphatic rings. The summed E-state index contributed by atoms with van der Waals surface area (Å²) in [5.74, 6) is 0.870. The van der Waals surface area contributed by atoms with Gasteiger partial charge in [0.05, 0.1) is 0 Å². The average Bonchev–Trinajstić information content (AvgIpc) is 2.30. The van der Waals surface area contributed by atoms with Gasteiger partial charge in [-0.25, -0.2) is 0 Å². The van der Waals surface area contributed by atoms with E-state index in [-0.39, 0.29) is 0 Å². The van der Waals surface area contributed by atoms with Gasteiger partial charge < -0.3 is 15.4 Å². The lowest BCUT2D eigenvalue weighted by Crippen LogP contribution is -2.42. The summed E-state index contributed by atoms with van der Waals surface area (Å²) in [4.78, 5) is 0. The van der Waals surface area contributed by atoms with Gasteiger partial charge in [0.25, 0.3) is 0 Å². The summed E-state index contributed by atoms with van der Waals surface area (Å²) in [7, 11) is 0. The van der Waals surface area contributed by atoms with Crippen molar-refractivity contribution < 1.29 is 4.74 Å². The molecule has 3 heteroatoms. The Morgan fingerprint density at radius 2 is 2.12 bits per heavy atom. The van der Waals surface area contributed by atoms with Gasteiger partial charge in [0.15, 0.2) is 0 Å². The topological polar surface area (TPSA) is 33.3 Å². The highest BCUT2D eigenvalue weighted by Gasteiger charge is 2.27. The first-order valence-corrected chi connectivity index (χ1v) is 7.20. The maximum Gasteiger partial charge on any atom is 0.0471 e. The van der Waals surface area contributed by atoms with Crippen LogP contribution in [0.5, 0.6) is 0 Å². The highest BCUT2D eigenvalue weighted by atomic mass is 16.5. The van der Waals surface area contributed by atoms with Crippen molar-refractivity contribution in [3.63, 3.8) is 0 Å². The molecule has 0 radical (unpaired) electrons. The van der Waals surface area contributed by atoms with E-state index in [9.17, 15) is 0 Å². The van der Waals surface area contributed by atoms with E-state index in [0.717, 1.165) is 25.7 Å². The molecule has 0 aromatic rings. The maximum atomic E-state index is 5.44. The van der Waals surface area contributed by atoms with E-state index in [1.165, 1.54) is 38.8 Å². The third-order valence-electron chi connectivity index (χ3n) is 4.42. The van der Waals surface area contributed by atoms with E-state index in [1.807, 2.05) is 0 Å². The molecule has 100 valence electrons. The Bertz CT molecular complexity index is 226. The number of rotatable bonds is 4. The lowest BCUT2D eigenvalue weighted by molar-refractivity contribution is 0.0236. The third kappa shape index (κ3) is 4.23.